The number of carbonyl (C=O) groups is 1. The predicted octanol–water partition coefficient (Wildman–Crippen LogP) is 4.49. The van der Waals surface area contributed by atoms with Crippen LogP contribution in [0.25, 0.3) is 0 Å². The van der Waals surface area contributed by atoms with Gasteiger partial charge in [0.2, 0.25) is 5.91 Å². The lowest BCUT2D eigenvalue weighted by molar-refractivity contribution is -0.114. The van der Waals surface area contributed by atoms with Crippen LogP contribution < -0.4 is 14.4 Å². The van der Waals surface area contributed by atoms with Gasteiger partial charge in [-0.3, -0.25) is 9.10 Å². The maximum absolute atomic E-state index is 13.3. The van der Waals surface area contributed by atoms with Crippen LogP contribution in [-0.4, -0.2) is 28.0 Å². The Morgan fingerprint density at radius 3 is 2.43 bits per heavy atom. The summed E-state index contributed by atoms with van der Waals surface area (Å²) in [4.78, 5) is 12.9. The van der Waals surface area contributed by atoms with Crippen molar-refractivity contribution in [3.8, 4) is 5.75 Å². The zero-order valence-electron chi connectivity index (χ0n) is 16.5. The first-order valence-corrected chi connectivity index (χ1v) is 10.9. The van der Waals surface area contributed by atoms with Crippen LogP contribution in [0.2, 0.25) is 5.02 Å². The second-order valence-electron chi connectivity index (χ2n) is 6.49. The minimum absolute atomic E-state index is 0.0829. The van der Waals surface area contributed by atoms with E-state index in [-0.39, 0.29) is 4.90 Å². The lowest BCUT2D eigenvalue weighted by Gasteiger charge is -2.24. The predicted molar refractivity (Wildman–Crippen MR) is 119 cm³/mol. The van der Waals surface area contributed by atoms with Gasteiger partial charge < -0.3 is 10.1 Å². The van der Waals surface area contributed by atoms with E-state index < -0.39 is 22.5 Å². The number of nitrogens with one attached hydrogen (secondary N) is 1. The first kappa shape index (κ1) is 21.7. The molecule has 0 spiro atoms. The summed E-state index contributed by atoms with van der Waals surface area (Å²) >= 11 is 6.11. The van der Waals surface area contributed by atoms with Gasteiger partial charge in [-0.25, -0.2) is 8.42 Å². The van der Waals surface area contributed by atoms with E-state index in [4.69, 9.17) is 16.3 Å². The highest BCUT2D eigenvalue weighted by Crippen LogP contribution is 2.28. The van der Waals surface area contributed by atoms with Gasteiger partial charge in [0, 0.05) is 16.8 Å². The second kappa shape index (κ2) is 9.19. The summed E-state index contributed by atoms with van der Waals surface area (Å²) in [5.74, 6) is -0.0189. The van der Waals surface area contributed by atoms with Gasteiger partial charge in [0.15, 0.2) is 0 Å². The summed E-state index contributed by atoms with van der Waals surface area (Å²) in [6.07, 6.45) is 0. The quantitative estimate of drug-likeness (QED) is 0.582. The molecule has 0 aromatic heterocycles. The lowest BCUT2D eigenvalue weighted by Crippen LogP contribution is -2.38. The number of amides is 1. The topological polar surface area (TPSA) is 75.7 Å². The Morgan fingerprint density at radius 1 is 1.03 bits per heavy atom. The molecule has 1 N–H and O–H groups in total. The standard InChI is InChI=1S/C22H21ClN2O4S/c1-16-20(23)12-7-13-21(16)24-22(26)15-25(17-8-6-9-18(14-17)29-2)30(27,28)19-10-4-3-5-11-19/h3-14H,15H2,1-2H3,(H,24,26). The molecule has 3 aromatic rings. The number of hydrogen-bond acceptors (Lipinski definition) is 4. The Balaban J connectivity index is 1.97. The van der Waals surface area contributed by atoms with Gasteiger partial charge in [-0.15, -0.1) is 0 Å². The Kier molecular flexibility index (Phi) is 6.64. The van der Waals surface area contributed by atoms with Gasteiger partial charge in [-0.2, -0.15) is 0 Å². The zero-order chi connectivity index (χ0) is 21.7. The number of halogens is 1. The molecule has 30 heavy (non-hydrogen) atoms. The highest BCUT2D eigenvalue weighted by molar-refractivity contribution is 7.92. The van der Waals surface area contributed by atoms with Crippen LogP contribution in [-0.2, 0) is 14.8 Å². The largest absolute Gasteiger partial charge is 0.497 e. The molecule has 0 unspecified atom stereocenters. The van der Waals surface area contributed by atoms with E-state index in [2.05, 4.69) is 5.32 Å². The summed E-state index contributed by atoms with van der Waals surface area (Å²) in [6, 6.07) is 19.7. The minimum atomic E-state index is -3.99. The molecule has 3 rings (SSSR count). The van der Waals surface area contributed by atoms with Crippen molar-refractivity contribution in [2.24, 2.45) is 0 Å². The number of ether oxygens (including phenoxy) is 1. The summed E-state index contributed by atoms with van der Waals surface area (Å²) in [5, 5.41) is 3.25. The Morgan fingerprint density at radius 2 is 1.73 bits per heavy atom. The molecular formula is C22H21ClN2O4S. The third-order valence-electron chi connectivity index (χ3n) is 4.50. The van der Waals surface area contributed by atoms with Crippen molar-refractivity contribution in [1.82, 2.24) is 0 Å². The summed E-state index contributed by atoms with van der Waals surface area (Å²) < 4.78 is 32.9. The van der Waals surface area contributed by atoms with Crippen LogP contribution >= 0.6 is 11.6 Å². The number of nitrogens with zero attached hydrogens (tertiary/aromatic N) is 1. The molecule has 0 bridgehead atoms. The van der Waals surface area contributed by atoms with Crippen LogP contribution in [0, 0.1) is 6.92 Å². The number of rotatable bonds is 7. The molecule has 1 amide bonds. The van der Waals surface area contributed by atoms with E-state index in [9.17, 15) is 13.2 Å². The number of anilines is 2. The van der Waals surface area contributed by atoms with Gasteiger partial charge in [-0.1, -0.05) is 41.9 Å². The maximum Gasteiger partial charge on any atom is 0.264 e. The van der Waals surface area contributed by atoms with E-state index in [1.165, 1.54) is 19.2 Å². The molecular weight excluding hydrogens is 424 g/mol. The van der Waals surface area contributed by atoms with Gasteiger partial charge in [0.1, 0.15) is 12.3 Å². The van der Waals surface area contributed by atoms with Crippen molar-refractivity contribution in [2.45, 2.75) is 11.8 Å². The third kappa shape index (κ3) is 4.75. The summed E-state index contributed by atoms with van der Waals surface area (Å²) in [6.45, 7) is 1.36. The van der Waals surface area contributed by atoms with E-state index >= 15 is 0 Å². The molecule has 0 atom stereocenters. The van der Waals surface area contributed by atoms with Crippen molar-refractivity contribution in [3.05, 3.63) is 83.4 Å². The van der Waals surface area contributed by atoms with E-state index in [0.29, 0.717) is 27.7 Å². The average Bonchev–Trinajstić information content (AvgIpc) is 2.76. The first-order chi connectivity index (χ1) is 14.3. The molecule has 3 aromatic carbocycles. The van der Waals surface area contributed by atoms with Gasteiger partial charge in [-0.05, 0) is 48.9 Å². The maximum atomic E-state index is 13.3. The number of hydrogen-bond donors (Lipinski definition) is 1. The number of benzene rings is 3. The van der Waals surface area contributed by atoms with Crippen LogP contribution in [0.1, 0.15) is 5.56 Å². The van der Waals surface area contributed by atoms with Crippen LogP contribution in [0.15, 0.2) is 77.7 Å². The molecule has 6 nitrogen and oxygen atoms in total. The Bertz CT molecular complexity index is 1150. The molecule has 0 aliphatic heterocycles. The molecule has 8 heteroatoms. The highest BCUT2D eigenvalue weighted by Gasteiger charge is 2.27. The molecule has 0 saturated carbocycles. The van der Waals surface area contributed by atoms with Crippen molar-refractivity contribution < 1.29 is 17.9 Å². The fourth-order valence-electron chi connectivity index (χ4n) is 2.86. The molecule has 0 saturated heterocycles. The van der Waals surface area contributed by atoms with Crippen LogP contribution in [0.5, 0.6) is 5.75 Å². The molecule has 0 aliphatic carbocycles. The van der Waals surface area contributed by atoms with Crippen molar-refractivity contribution in [3.63, 3.8) is 0 Å². The van der Waals surface area contributed by atoms with E-state index in [1.54, 1.807) is 67.6 Å². The van der Waals surface area contributed by atoms with Crippen LogP contribution in [0.4, 0.5) is 11.4 Å². The molecule has 0 aliphatic rings. The fourth-order valence-corrected chi connectivity index (χ4v) is 4.47. The number of methoxy groups -OCH3 is 1. The first-order valence-electron chi connectivity index (χ1n) is 9.09. The molecule has 156 valence electrons. The molecule has 0 heterocycles. The van der Waals surface area contributed by atoms with Crippen molar-refractivity contribution in [2.75, 3.05) is 23.3 Å². The molecule has 0 fully saturated rings. The van der Waals surface area contributed by atoms with Gasteiger partial charge in [0.25, 0.3) is 10.0 Å². The minimum Gasteiger partial charge on any atom is -0.497 e. The van der Waals surface area contributed by atoms with Crippen LogP contribution in [0.3, 0.4) is 0 Å². The number of carbonyl (C=O) groups excluding carboxylic acids is 1. The monoisotopic (exact) mass is 444 g/mol. The average molecular weight is 445 g/mol. The highest BCUT2D eigenvalue weighted by atomic mass is 35.5. The van der Waals surface area contributed by atoms with Gasteiger partial charge >= 0.3 is 0 Å². The third-order valence-corrected chi connectivity index (χ3v) is 6.70. The van der Waals surface area contributed by atoms with Crippen molar-refractivity contribution in [1.29, 1.82) is 0 Å². The Labute approximate surface area is 181 Å². The lowest BCUT2D eigenvalue weighted by atomic mass is 10.2. The summed E-state index contributed by atoms with van der Waals surface area (Å²) in [5.41, 5.74) is 1.54. The Hall–Kier alpha value is -3.03. The normalized spacial score (nSPS) is 11.0. The zero-order valence-corrected chi connectivity index (χ0v) is 18.1. The summed E-state index contributed by atoms with van der Waals surface area (Å²) in [7, 11) is -2.50. The van der Waals surface area contributed by atoms with E-state index in [1.807, 2.05) is 0 Å². The SMILES string of the molecule is COc1cccc(N(CC(=O)Nc2cccc(Cl)c2C)S(=O)(=O)c2ccccc2)c1. The number of sulfonamides is 1. The molecule has 0 radical (unpaired) electrons. The van der Waals surface area contributed by atoms with Gasteiger partial charge in [0.05, 0.1) is 17.7 Å². The van der Waals surface area contributed by atoms with Crippen molar-refractivity contribution >= 4 is 38.9 Å². The smallest absolute Gasteiger partial charge is 0.264 e. The fraction of sp³-hybridized carbons (Fsp3) is 0.136. The van der Waals surface area contributed by atoms with E-state index in [0.717, 1.165) is 4.31 Å². The second-order valence-corrected chi connectivity index (χ2v) is 8.76.